The maximum absolute atomic E-state index is 12.9. The van der Waals surface area contributed by atoms with Crippen molar-refractivity contribution in [1.82, 2.24) is 15.5 Å². The van der Waals surface area contributed by atoms with Gasteiger partial charge in [-0.15, -0.1) is 11.3 Å². The number of thiophene rings is 1. The van der Waals surface area contributed by atoms with E-state index in [9.17, 15) is 14.4 Å². The van der Waals surface area contributed by atoms with Gasteiger partial charge in [-0.1, -0.05) is 24.3 Å². The molecule has 2 N–H and O–H groups in total. The molecule has 2 fully saturated rings. The van der Waals surface area contributed by atoms with Gasteiger partial charge in [0.05, 0.1) is 4.88 Å². The van der Waals surface area contributed by atoms with Crippen molar-refractivity contribution in [3.63, 3.8) is 0 Å². The first kappa shape index (κ1) is 20.6. The summed E-state index contributed by atoms with van der Waals surface area (Å²) in [6.45, 7) is 3.11. The molecule has 1 saturated carbocycles. The number of nitrogens with zero attached hydrogens (tertiary/aromatic N) is 1. The van der Waals surface area contributed by atoms with Crippen LogP contribution in [-0.2, 0) is 4.79 Å². The van der Waals surface area contributed by atoms with E-state index in [2.05, 4.69) is 10.6 Å². The van der Waals surface area contributed by atoms with Gasteiger partial charge in [-0.3, -0.25) is 14.4 Å². The summed E-state index contributed by atoms with van der Waals surface area (Å²) in [4.78, 5) is 40.8. The average Bonchev–Trinajstić information content (AvgIpc) is 3.39. The van der Waals surface area contributed by atoms with Gasteiger partial charge >= 0.3 is 0 Å². The number of aryl methyl sites for hydroxylation is 1. The van der Waals surface area contributed by atoms with Gasteiger partial charge in [0.15, 0.2) is 0 Å². The van der Waals surface area contributed by atoms with E-state index in [1.165, 1.54) is 11.3 Å². The molecule has 1 aliphatic heterocycles. The van der Waals surface area contributed by atoms with Gasteiger partial charge < -0.3 is 15.5 Å². The highest BCUT2D eigenvalue weighted by atomic mass is 32.1. The smallest absolute Gasteiger partial charge is 0.262 e. The van der Waals surface area contributed by atoms with E-state index < -0.39 is 6.04 Å². The van der Waals surface area contributed by atoms with E-state index in [1.54, 1.807) is 6.07 Å². The number of benzene rings is 1. The van der Waals surface area contributed by atoms with Crippen LogP contribution in [0.5, 0.6) is 0 Å². The molecule has 7 heteroatoms. The number of carbonyl (C=O) groups excluding carboxylic acids is 3. The summed E-state index contributed by atoms with van der Waals surface area (Å²) in [6.07, 6.45) is 3.37. The standard InChI is InChI=1S/C23H27N3O3S/c1-15-5-2-3-6-18(15)23(29)26-12-10-16(11-13-26)20(22(28)24-17-8-9-17)25-21(27)19-7-4-14-30-19/h2-7,14,16-17,20H,8-13H2,1H3,(H,24,28)(H,25,27)/t20-/m1/s1. The van der Waals surface area contributed by atoms with Gasteiger partial charge in [0, 0.05) is 24.7 Å². The first-order valence-corrected chi connectivity index (χ1v) is 11.4. The van der Waals surface area contributed by atoms with Crippen LogP contribution in [0.1, 0.15) is 51.3 Å². The van der Waals surface area contributed by atoms with Crippen LogP contribution < -0.4 is 10.6 Å². The van der Waals surface area contributed by atoms with E-state index in [4.69, 9.17) is 0 Å². The predicted molar refractivity (Wildman–Crippen MR) is 117 cm³/mol. The van der Waals surface area contributed by atoms with Crippen LogP contribution in [0.3, 0.4) is 0 Å². The second kappa shape index (κ2) is 9.00. The van der Waals surface area contributed by atoms with Crippen molar-refractivity contribution in [2.24, 2.45) is 5.92 Å². The molecule has 6 nitrogen and oxygen atoms in total. The minimum absolute atomic E-state index is 0.00795. The number of carbonyl (C=O) groups is 3. The molecule has 0 unspecified atom stereocenters. The Morgan fingerprint density at radius 1 is 1.03 bits per heavy atom. The van der Waals surface area contributed by atoms with Gasteiger partial charge in [-0.25, -0.2) is 0 Å². The minimum atomic E-state index is -0.573. The molecule has 1 aromatic heterocycles. The number of hydrogen-bond donors (Lipinski definition) is 2. The Morgan fingerprint density at radius 3 is 2.40 bits per heavy atom. The van der Waals surface area contributed by atoms with E-state index in [0.29, 0.717) is 30.8 Å². The molecule has 1 atom stereocenters. The SMILES string of the molecule is Cc1ccccc1C(=O)N1CCC([C@@H](NC(=O)c2cccs2)C(=O)NC2CC2)CC1. The van der Waals surface area contributed by atoms with Crippen LogP contribution in [0, 0.1) is 12.8 Å². The summed E-state index contributed by atoms with van der Waals surface area (Å²) >= 11 is 1.36. The van der Waals surface area contributed by atoms with Gasteiger partial charge in [-0.2, -0.15) is 0 Å². The first-order chi connectivity index (χ1) is 14.5. The highest BCUT2D eigenvalue weighted by molar-refractivity contribution is 7.12. The van der Waals surface area contributed by atoms with Crippen molar-refractivity contribution < 1.29 is 14.4 Å². The third-order valence-electron chi connectivity index (χ3n) is 5.91. The second-order valence-electron chi connectivity index (χ2n) is 8.16. The van der Waals surface area contributed by atoms with E-state index in [0.717, 1.165) is 24.0 Å². The lowest BCUT2D eigenvalue weighted by Crippen LogP contribution is -2.54. The zero-order chi connectivity index (χ0) is 21.1. The van der Waals surface area contributed by atoms with Gasteiger partial charge in [0.1, 0.15) is 6.04 Å². The molecule has 4 rings (SSSR count). The van der Waals surface area contributed by atoms with E-state index >= 15 is 0 Å². The molecular formula is C23H27N3O3S. The number of piperidine rings is 1. The molecule has 158 valence electrons. The monoisotopic (exact) mass is 425 g/mol. The fourth-order valence-electron chi connectivity index (χ4n) is 3.96. The second-order valence-corrected chi connectivity index (χ2v) is 9.10. The number of hydrogen-bond acceptors (Lipinski definition) is 4. The first-order valence-electron chi connectivity index (χ1n) is 10.5. The topological polar surface area (TPSA) is 78.5 Å². The summed E-state index contributed by atoms with van der Waals surface area (Å²) < 4.78 is 0. The van der Waals surface area contributed by atoms with Crippen molar-refractivity contribution in [2.75, 3.05) is 13.1 Å². The number of rotatable bonds is 6. The Bertz CT molecular complexity index is 916. The molecule has 0 radical (unpaired) electrons. The molecular weight excluding hydrogens is 398 g/mol. The Morgan fingerprint density at radius 2 is 1.77 bits per heavy atom. The summed E-state index contributed by atoms with van der Waals surface area (Å²) in [7, 11) is 0. The summed E-state index contributed by atoms with van der Waals surface area (Å²) in [5.41, 5.74) is 1.69. The van der Waals surface area contributed by atoms with Crippen LogP contribution >= 0.6 is 11.3 Å². The molecule has 2 aromatic rings. The Hall–Kier alpha value is -2.67. The van der Waals surface area contributed by atoms with Crippen LogP contribution in [-0.4, -0.2) is 47.8 Å². The van der Waals surface area contributed by atoms with Crippen LogP contribution in [0.2, 0.25) is 0 Å². The zero-order valence-corrected chi connectivity index (χ0v) is 17.9. The van der Waals surface area contributed by atoms with Crippen LogP contribution in [0.25, 0.3) is 0 Å². The Kier molecular flexibility index (Phi) is 6.18. The molecule has 1 saturated heterocycles. The van der Waals surface area contributed by atoms with E-state index in [-0.39, 0.29) is 29.7 Å². The lowest BCUT2D eigenvalue weighted by Gasteiger charge is -2.36. The maximum Gasteiger partial charge on any atom is 0.262 e. The minimum Gasteiger partial charge on any atom is -0.352 e. The highest BCUT2D eigenvalue weighted by Crippen LogP contribution is 2.25. The number of amides is 3. The Labute approximate surface area is 180 Å². The van der Waals surface area contributed by atoms with Gasteiger partial charge in [0.2, 0.25) is 5.91 Å². The maximum atomic E-state index is 12.9. The van der Waals surface area contributed by atoms with Gasteiger partial charge in [-0.05, 0) is 61.6 Å². The molecule has 2 heterocycles. The van der Waals surface area contributed by atoms with Crippen molar-refractivity contribution in [2.45, 2.75) is 44.7 Å². The summed E-state index contributed by atoms with van der Waals surface area (Å²) in [5.74, 6) is -0.271. The molecule has 2 aliphatic rings. The quantitative estimate of drug-likeness (QED) is 0.747. The normalized spacial score (nSPS) is 18.0. The van der Waals surface area contributed by atoms with Crippen molar-refractivity contribution >= 4 is 29.1 Å². The zero-order valence-electron chi connectivity index (χ0n) is 17.1. The molecule has 30 heavy (non-hydrogen) atoms. The largest absolute Gasteiger partial charge is 0.352 e. The van der Waals surface area contributed by atoms with Crippen molar-refractivity contribution in [3.8, 4) is 0 Å². The number of likely N-dealkylation sites (tertiary alicyclic amines) is 1. The van der Waals surface area contributed by atoms with E-state index in [1.807, 2.05) is 47.5 Å². The lowest BCUT2D eigenvalue weighted by atomic mass is 9.88. The lowest BCUT2D eigenvalue weighted by molar-refractivity contribution is -0.124. The molecule has 1 aromatic carbocycles. The fraction of sp³-hybridized carbons (Fsp3) is 0.435. The highest BCUT2D eigenvalue weighted by Gasteiger charge is 2.36. The molecule has 3 amide bonds. The third kappa shape index (κ3) is 4.73. The summed E-state index contributed by atoms with van der Waals surface area (Å²) in [5, 5.41) is 7.85. The van der Waals surface area contributed by atoms with Crippen molar-refractivity contribution in [3.05, 3.63) is 57.8 Å². The summed E-state index contributed by atoms with van der Waals surface area (Å²) in [6, 6.07) is 10.9. The molecule has 1 aliphatic carbocycles. The van der Waals surface area contributed by atoms with Crippen molar-refractivity contribution in [1.29, 1.82) is 0 Å². The van der Waals surface area contributed by atoms with Crippen LogP contribution in [0.4, 0.5) is 0 Å². The Balaban J connectivity index is 1.42. The molecule has 0 spiro atoms. The van der Waals surface area contributed by atoms with Gasteiger partial charge in [0.25, 0.3) is 11.8 Å². The number of nitrogens with one attached hydrogen (secondary N) is 2. The third-order valence-corrected chi connectivity index (χ3v) is 6.78. The average molecular weight is 426 g/mol. The predicted octanol–water partition coefficient (Wildman–Crippen LogP) is 2.99. The van der Waals surface area contributed by atoms with Crippen LogP contribution in [0.15, 0.2) is 41.8 Å². The fourth-order valence-corrected chi connectivity index (χ4v) is 4.58. The molecule has 0 bridgehead atoms.